The lowest BCUT2D eigenvalue weighted by molar-refractivity contribution is -0.123. The first-order valence-corrected chi connectivity index (χ1v) is 8.92. The Kier molecular flexibility index (Phi) is 3.67. The van der Waals surface area contributed by atoms with Crippen LogP contribution in [-0.2, 0) is 4.79 Å². The fourth-order valence-electron chi connectivity index (χ4n) is 3.03. The van der Waals surface area contributed by atoms with Gasteiger partial charge in [-0.1, -0.05) is 0 Å². The van der Waals surface area contributed by atoms with Crippen molar-refractivity contribution in [3.05, 3.63) is 17.8 Å². The van der Waals surface area contributed by atoms with Crippen molar-refractivity contribution in [1.29, 1.82) is 0 Å². The summed E-state index contributed by atoms with van der Waals surface area (Å²) in [6.07, 6.45) is 4.29. The van der Waals surface area contributed by atoms with Gasteiger partial charge in [0, 0.05) is 31.8 Å². The molecule has 2 fully saturated rings. The summed E-state index contributed by atoms with van der Waals surface area (Å²) >= 11 is 1.61. The van der Waals surface area contributed by atoms with Crippen molar-refractivity contribution < 1.29 is 9.18 Å². The van der Waals surface area contributed by atoms with Crippen LogP contribution in [0.25, 0.3) is 10.2 Å². The molecule has 4 rings (SSSR count). The zero-order valence-corrected chi connectivity index (χ0v) is 13.6. The number of piperidine rings is 1. The van der Waals surface area contributed by atoms with Crippen LogP contribution in [-0.4, -0.2) is 41.2 Å². The fraction of sp³-hybridized carbons (Fsp3) is 0.562. The Morgan fingerprint density at radius 1 is 1.39 bits per heavy atom. The number of carbonyl (C=O) groups excluding carboxylic acids is 1. The summed E-state index contributed by atoms with van der Waals surface area (Å²) in [5.41, 5.74) is -0.364. The Hall–Kier alpha value is -1.76. The Labute approximate surface area is 137 Å². The van der Waals surface area contributed by atoms with Crippen LogP contribution < -0.4 is 10.2 Å². The summed E-state index contributed by atoms with van der Waals surface area (Å²) < 4.78 is 15.9. The highest BCUT2D eigenvalue weighted by Gasteiger charge is 2.37. The Balaban J connectivity index is 1.40. The third-order valence-corrected chi connectivity index (χ3v) is 5.61. The minimum atomic E-state index is -1.30. The smallest absolute Gasteiger partial charge is 0.223 e. The highest BCUT2D eigenvalue weighted by molar-refractivity contribution is 7.17. The van der Waals surface area contributed by atoms with E-state index in [0.29, 0.717) is 25.9 Å². The zero-order chi connectivity index (χ0) is 15.9. The van der Waals surface area contributed by atoms with Gasteiger partial charge in [-0.3, -0.25) is 4.79 Å². The topological polar surface area (TPSA) is 58.1 Å². The molecule has 1 N–H and O–H groups in total. The summed E-state index contributed by atoms with van der Waals surface area (Å²) in [6.45, 7) is 1.36. The molecule has 0 radical (unpaired) electrons. The summed E-state index contributed by atoms with van der Waals surface area (Å²) in [5, 5.41) is 4.78. The second kappa shape index (κ2) is 5.70. The molecule has 1 aliphatic carbocycles. The predicted molar refractivity (Wildman–Crippen MR) is 88.4 cm³/mol. The number of aromatic nitrogens is 2. The van der Waals surface area contributed by atoms with Gasteiger partial charge in [0.25, 0.3) is 0 Å². The Morgan fingerprint density at radius 2 is 2.17 bits per heavy atom. The standard InChI is InChI=1S/C16H19FN4OS/c17-16(9-18-15(22)11-1-2-11)4-6-21(7-5-16)14-13-12(3-8-23-13)19-10-20-14/h3,8,10-11H,1-2,4-7,9H2,(H,18,22). The van der Waals surface area contributed by atoms with E-state index in [-0.39, 0.29) is 18.4 Å². The van der Waals surface area contributed by atoms with Crippen molar-refractivity contribution in [2.45, 2.75) is 31.4 Å². The van der Waals surface area contributed by atoms with Gasteiger partial charge in [0.05, 0.1) is 16.8 Å². The summed E-state index contributed by atoms with van der Waals surface area (Å²) in [4.78, 5) is 22.5. The van der Waals surface area contributed by atoms with Gasteiger partial charge >= 0.3 is 0 Å². The molecular weight excluding hydrogens is 315 g/mol. The Bertz CT molecular complexity index is 722. The van der Waals surface area contributed by atoms with Gasteiger partial charge in [0.2, 0.25) is 5.91 Å². The normalized spacial score (nSPS) is 20.7. The predicted octanol–water partition coefficient (Wildman–Crippen LogP) is 2.53. The molecular formula is C16H19FN4OS. The minimum absolute atomic E-state index is 0.0144. The number of rotatable bonds is 4. The van der Waals surface area contributed by atoms with E-state index in [1.807, 2.05) is 11.4 Å². The monoisotopic (exact) mass is 334 g/mol. The van der Waals surface area contributed by atoms with Crippen LogP contribution in [0.5, 0.6) is 0 Å². The molecule has 5 nitrogen and oxygen atoms in total. The highest BCUT2D eigenvalue weighted by atomic mass is 32.1. The molecule has 1 amide bonds. The van der Waals surface area contributed by atoms with E-state index in [1.165, 1.54) is 0 Å². The van der Waals surface area contributed by atoms with Crippen LogP contribution in [0, 0.1) is 5.92 Å². The first-order chi connectivity index (χ1) is 11.1. The van der Waals surface area contributed by atoms with Crippen molar-refractivity contribution >= 4 is 33.3 Å². The summed E-state index contributed by atoms with van der Waals surface area (Å²) in [6, 6.07) is 1.97. The van der Waals surface area contributed by atoms with Gasteiger partial charge < -0.3 is 10.2 Å². The van der Waals surface area contributed by atoms with Crippen molar-refractivity contribution in [2.24, 2.45) is 5.92 Å². The van der Waals surface area contributed by atoms with Crippen LogP contribution in [0.4, 0.5) is 10.2 Å². The third-order valence-electron chi connectivity index (χ3n) is 4.71. The molecule has 1 saturated heterocycles. The van der Waals surface area contributed by atoms with Crippen LogP contribution in [0.15, 0.2) is 17.8 Å². The number of nitrogens with one attached hydrogen (secondary N) is 1. The lowest BCUT2D eigenvalue weighted by Gasteiger charge is -2.37. The van der Waals surface area contributed by atoms with Gasteiger partial charge in [-0.2, -0.15) is 0 Å². The first kappa shape index (κ1) is 14.8. The maximum Gasteiger partial charge on any atom is 0.223 e. The lowest BCUT2D eigenvalue weighted by atomic mass is 9.93. The number of hydrogen-bond donors (Lipinski definition) is 1. The molecule has 23 heavy (non-hydrogen) atoms. The molecule has 1 aliphatic heterocycles. The average Bonchev–Trinajstić information content (AvgIpc) is 3.30. The van der Waals surface area contributed by atoms with E-state index >= 15 is 0 Å². The van der Waals surface area contributed by atoms with E-state index < -0.39 is 5.67 Å². The van der Waals surface area contributed by atoms with Crippen molar-refractivity contribution in [1.82, 2.24) is 15.3 Å². The molecule has 0 bridgehead atoms. The highest BCUT2D eigenvalue weighted by Crippen LogP contribution is 2.34. The largest absolute Gasteiger partial charge is 0.355 e. The van der Waals surface area contributed by atoms with Gasteiger partial charge in [-0.25, -0.2) is 14.4 Å². The molecule has 0 spiro atoms. The number of anilines is 1. The minimum Gasteiger partial charge on any atom is -0.355 e. The average molecular weight is 334 g/mol. The van der Waals surface area contributed by atoms with Crippen LogP contribution >= 0.6 is 11.3 Å². The molecule has 0 atom stereocenters. The number of nitrogens with zero attached hydrogens (tertiary/aromatic N) is 3. The van der Waals surface area contributed by atoms with E-state index in [9.17, 15) is 9.18 Å². The van der Waals surface area contributed by atoms with E-state index in [1.54, 1.807) is 17.7 Å². The van der Waals surface area contributed by atoms with Crippen LogP contribution in [0.2, 0.25) is 0 Å². The number of hydrogen-bond acceptors (Lipinski definition) is 5. The number of fused-ring (bicyclic) bond motifs is 1. The fourth-order valence-corrected chi connectivity index (χ4v) is 3.89. The van der Waals surface area contributed by atoms with E-state index in [0.717, 1.165) is 28.9 Å². The number of carbonyl (C=O) groups is 1. The van der Waals surface area contributed by atoms with E-state index in [4.69, 9.17) is 0 Å². The van der Waals surface area contributed by atoms with Gasteiger partial charge in [-0.05, 0) is 24.3 Å². The zero-order valence-electron chi connectivity index (χ0n) is 12.8. The SMILES string of the molecule is O=C(NCC1(F)CCN(c2ncnc3ccsc23)CC1)C1CC1. The van der Waals surface area contributed by atoms with Crippen LogP contribution in [0.1, 0.15) is 25.7 Å². The van der Waals surface area contributed by atoms with Crippen molar-refractivity contribution in [2.75, 3.05) is 24.5 Å². The molecule has 122 valence electrons. The molecule has 3 heterocycles. The second-order valence-corrected chi connectivity index (χ2v) is 7.38. The Morgan fingerprint density at radius 3 is 2.91 bits per heavy atom. The van der Waals surface area contributed by atoms with Crippen LogP contribution in [0.3, 0.4) is 0 Å². The number of alkyl halides is 1. The van der Waals surface area contributed by atoms with Gasteiger partial charge in [0.1, 0.15) is 17.8 Å². The molecule has 7 heteroatoms. The van der Waals surface area contributed by atoms with Crippen molar-refractivity contribution in [3.8, 4) is 0 Å². The number of amides is 1. The quantitative estimate of drug-likeness (QED) is 0.933. The lowest BCUT2D eigenvalue weighted by Crippen LogP contribution is -2.48. The maximum absolute atomic E-state index is 14.9. The third kappa shape index (κ3) is 3.02. The number of halogens is 1. The summed E-state index contributed by atoms with van der Waals surface area (Å²) in [5.74, 6) is 1.04. The molecule has 1 saturated carbocycles. The number of thiophene rings is 1. The first-order valence-electron chi connectivity index (χ1n) is 8.04. The molecule has 2 aromatic heterocycles. The maximum atomic E-state index is 14.9. The van der Waals surface area contributed by atoms with E-state index in [2.05, 4.69) is 20.2 Å². The molecule has 0 aromatic carbocycles. The second-order valence-electron chi connectivity index (χ2n) is 6.46. The molecule has 2 aliphatic rings. The van der Waals surface area contributed by atoms with Crippen molar-refractivity contribution in [3.63, 3.8) is 0 Å². The van der Waals surface area contributed by atoms with Gasteiger partial charge in [0.15, 0.2) is 0 Å². The molecule has 0 unspecified atom stereocenters. The molecule has 2 aromatic rings. The van der Waals surface area contributed by atoms with Gasteiger partial charge in [-0.15, -0.1) is 11.3 Å². The summed E-state index contributed by atoms with van der Waals surface area (Å²) in [7, 11) is 0.